The normalized spacial score (nSPS) is 12.6. The van der Waals surface area contributed by atoms with Gasteiger partial charge in [0.05, 0.1) is 29.0 Å². The number of fused-ring (bicyclic) bond motifs is 1. The molecule has 0 spiro atoms. The van der Waals surface area contributed by atoms with E-state index in [-0.39, 0.29) is 6.04 Å². The number of nitrogens with one attached hydrogen (secondary N) is 2. The summed E-state index contributed by atoms with van der Waals surface area (Å²) in [5.74, 6) is 0.865. The summed E-state index contributed by atoms with van der Waals surface area (Å²) in [4.78, 5) is 4.87. The molecule has 0 bridgehead atoms. The summed E-state index contributed by atoms with van der Waals surface area (Å²) in [7, 11) is -3.37. The fourth-order valence-electron chi connectivity index (χ4n) is 3.72. The van der Waals surface area contributed by atoms with E-state index in [2.05, 4.69) is 26.7 Å². The zero-order valence-corrected chi connectivity index (χ0v) is 19.7. The van der Waals surface area contributed by atoms with Crippen LogP contribution in [0.4, 0.5) is 11.4 Å². The molecule has 1 heterocycles. The van der Waals surface area contributed by atoms with Gasteiger partial charge in [0.25, 0.3) is 0 Å². The maximum atomic E-state index is 11.7. The highest BCUT2D eigenvalue weighted by molar-refractivity contribution is 7.92. The average molecular weight is 469 g/mol. The zero-order valence-electron chi connectivity index (χ0n) is 18.1. The highest BCUT2D eigenvalue weighted by atomic mass is 35.5. The van der Waals surface area contributed by atoms with E-state index in [1.165, 1.54) is 5.56 Å². The number of nitrogens with zero attached hydrogens (tertiary/aromatic N) is 2. The van der Waals surface area contributed by atoms with Crippen molar-refractivity contribution in [1.82, 2.24) is 9.55 Å². The van der Waals surface area contributed by atoms with Crippen molar-refractivity contribution in [3.63, 3.8) is 0 Å². The van der Waals surface area contributed by atoms with Gasteiger partial charge >= 0.3 is 0 Å². The quantitative estimate of drug-likeness (QED) is 0.370. The van der Waals surface area contributed by atoms with Crippen LogP contribution in [0.25, 0.3) is 11.0 Å². The first kappa shape index (κ1) is 22.2. The first-order valence-corrected chi connectivity index (χ1v) is 12.5. The number of rotatable bonds is 7. The highest BCUT2D eigenvalue weighted by Gasteiger charge is 2.18. The Bertz CT molecular complexity index is 1370. The molecule has 32 heavy (non-hydrogen) atoms. The summed E-state index contributed by atoms with van der Waals surface area (Å²) >= 11 is 6.21. The molecule has 4 rings (SSSR count). The van der Waals surface area contributed by atoms with Gasteiger partial charge in [0.1, 0.15) is 5.82 Å². The van der Waals surface area contributed by atoms with Crippen molar-refractivity contribution in [1.29, 1.82) is 0 Å². The van der Waals surface area contributed by atoms with Crippen LogP contribution in [0.3, 0.4) is 0 Å². The fourth-order valence-corrected chi connectivity index (χ4v) is 4.51. The third-order valence-electron chi connectivity index (χ3n) is 5.23. The molecule has 166 valence electrons. The molecule has 8 heteroatoms. The van der Waals surface area contributed by atoms with Crippen LogP contribution in [0.15, 0.2) is 66.7 Å². The summed E-state index contributed by atoms with van der Waals surface area (Å²) in [5.41, 5.74) is 5.20. The van der Waals surface area contributed by atoms with E-state index >= 15 is 0 Å². The molecule has 0 radical (unpaired) electrons. The van der Waals surface area contributed by atoms with Crippen LogP contribution in [0, 0.1) is 6.92 Å². The minimum atomic E-state index is -3.37. The van der Waals surface area contributed by atoms with Gasteiger partial charge in [0.2, 0.25) is 10.0 Å². The van der Waals surface area contributed by atoms with E-state index in [9.17, 15) is 8.42 Å². The Morgan fingerprint density at radius 1 is 1.06 bits per heavy atom. The van der Waals surface area contributed by atoms with Gasteiger partial charge in [-0.25, -0.2) is 13.4 Å². The molecular formula is C24H25ClN4O2S. The van der Waals surface area contributed by atoms with E-state index in [1.807, 2.05) is 62.4 Å². The van der Waals surface area contributed by atoms with E-state index in [4.69, 9.17) is 16.6 Å². The first-order valence-electron chi connectivity index (χ1n) is 10.2. The van der Waals surface area contributed by atoms with E-state index in [0.29, 0.717) is 17.3 Å². The van der Waals surface area contributed by atoms with Gasteiger partial charge in [0, 0.05) is 17.3 Å². The van der Waals surface area contributed by atoms with Crippen molar-refractivity contribution in [2.75, 3.05) is 16.3 Å². The minimum Gasteiger partial charge on any atom is -0.375 e. The Kier molecular flexibility index (Phi) is 6.13. The number of imidazole rings is 1. The molecule has 0 aliphatic rings. The lowest BCUT2D eigenvalue weighted by molar-refractivity contribution is 0.607. The van der Waals surface area contributed by atoms with Crippen LogP contribution in [0.1, 0.15) is 29.9 Å². The van der Waals surface area contributed by atoms with Crippen LogP contribution in [0.5, 0.6) is 0 Å². The van der Waals surface area contributed by atoms with Crippen molar-refractivity contribution in [3.8, 4) is 0 Å². The number of sulfonamides is 1. The molecule has 3 aromatic carbocycles. The predicted octanol–water partition coefficient (Wildman–Crippen LogP) is 5.59. The third kappa shape index (κ3) is 5.06. The lowest BCUT2D eigenvalue weighted by atomic mass is 10.1. The molecule has 1 unspecified atom stereocenters. The molecule has 2 N–H and O–H groups in total. The molecule has 4 aromatic rings. The van der Waals surface area contributed by atoms with Crippen molar-refractivity contribution in [2.24, 2.45) is 0 Å². The van der Waals surface area contributed by atoms with Crippen LogP contribution in [-0.4, -0.2) is 24.2 Å². The Morgan fingerprint density at radius 3 is 2.53 bits per heavy atom. The third-order valence-corrected chi connectivity index (χ3v) is 6.05. The Labute approximate surface area is 193 Å². The summed E-state index contributed by atoms with van der Waals surface area (Å²) in [6.07, 6.45) is 1.15. The summed E-state index contributed by atoms with van der Waals surface area (Å²) < 4.78 is 28.1. The second-order valence-corrected chi connectivity index (χ2v) is 10.1. The lowest BCUT2D eigenvalue weighted by Crippen LogP contribution is -2.15. The van der Waals surface area contributed by atoms with Gasteiger partial charge in [-0.15, -0.1) is 0 Å². The second-order valence-electron chi connectivity index (χ2n) is 7.94. The van der Waals surface area contributed by atoms with Gasteiger partial charge in [0.15, 0.2) is 0 Å². The molecular weight excluding hydrogens is 444 g/mol. The molecule has 0 amide bonds. The van der Waals surface area contributed by atoms with E-state index in [1.54, 1.807) is 6.07 Å². The molecule has 1 aromatic heterocycles. The summed E-state index contributed by atoms with van der Waals surface area (Å²) in [5, 5.41) is 4.10. The molecule has 0 saturated carbocycles. The van der Waals surface area contributed by atoms with Gasteiger partial charge in [-0.3, -0.25) is 4.72 Å². The van der Waals surface area contributed by atoms with Gasteiger partial charge in [-0.05, 0) is 55.3 Å². The van der Waals surface area contributed by atoms with Gasteiger partial charge in [-0.2, -0.15) is 0 Å². The lowest BCUT2D eigenvalue weighted by Gasteiger charge is -2.19. The minimum absolute atomic E-state index is 0.140. The van der Waals surface area contributed by atoms with Crippen molar-refractivity contribution >= 4 is 44.0 Å². The Morgan fingerprint density at radius 2 is 1.81 bits per heavy atom. The standard InChI is InChI=1S/C24H25ClN4O2S/c1-16-9-11-20(14-21(16)28-32(3,30)31)26-17(2)24-27-22-13-19(25)10-12-23(22)29(24)15-18-7-5-4-6-8-18/h4-14,17,26,28H,15H2,1-3H3. The predicted molar refractivity (Wildman–Crippen MR) is 132 cm³/mol. The first-order chi connectivity index (χ1) is 15.2. The van der Waals surface area contributed by atoms with Crippen LogP contribution < -0.4 is 10.0 Å². The van der Waals surface area contributed by atoms with Gasteiger partial charge < -0.3 is 9.88 Å². The number of aryl methyl sites for hydroxylation is 1. The van der Waals surface area contributed by atoms with Crippen LogP contribution in [0.2, 0.25) is 5.02 Å². The number of aromatic nitrogens is 2. The SMILES string of the molecule is Cc1ccc(NC(C)c2nc3cc(Cl)ccc3n2Cc2ccccc2)cc1NS(C)(=O)=O. The van der Waals surface area contributed by atoms with Crippen molar-refractivity contribution in [3.05, 3.63) is 88.7 Å². The van der Waals surface area contributed by atoms with Crippen LogP contribution >= 0.6 is 11.6 Å². The second kappa shape index (κ2) is 8.84. The number of anilines is 2. The monoisotopic (exact) mass is 468 g/mol. The number of benzene rings is 3. The summed E-state index contributed by atoms with van der Waals surface area (Å²) in [6, 6.07) is 21.4. The van der Waals surface area contributed by atoms with Crippen molar-refractivity contribution in [2.45, 2.75) is 26.4 Å². The average Bonchev–Trinajstić information content (AvgIpc) is 3.07. The molecule has 0 aliphatic carbocycles. The Balaban J connectivity index is 1.70. The maximum absolute atomic E-state index is 11.7. The molecule has 6 nitrogen and oxygen atoms in total. The molecule has 0 aliphatic heterocycles. The fraction of sp³-hybridized carbons (Fsp3) is 0.208. The van der Waals surface area contributed by atoms with Crippen molar-refractivity contribution < 1.29 is 8.42 Å². The maximum Gasteiger partial charge on any atom is 0.229 e. The zero-order chi connectivity index (χ0) is 22.9. The Hall–Kier alpha value is -3.03. The van der Waals surface area contributed by atoms with E-state index in [0.717, 1.165) is 34.4 Å². The number of hydrogen-bond acceptors (Lipinski definition) is 4. The van der Waals surface area contributed by atoms with Crippen LogP contribution in [-0.2, 0) is 16.6 Å². The number of halogens is 1. The smallest absolute Gasteiger partial charge is 0.229 e. The molecule has 1 atom stereocenters. The largest absolute Gasteiger partial charge is 0.375 e. The highest BCUT2D eigenvalue weighted by Crippen LogP contribution is 2.28. The summed E-state index contributed by atoms with van der Waals surface area (Å²) in [6.45, 7) is 4.58. The number of hydrogen-bond donors (Lipinski definition) is 2. The van der Waals surface area contributed by atoms with E-state index < -0.39 is 10.0 Å². The van der Waals surface area contributed by atoms with Gasteiger partial charge in [-0.1, -0.05) is 48.0 Å². The molecule has 0 fully saturated rings. The topological polar surface area (TPSA) is 76.0 Å². The molecule has 0 saturated heterocycles.